The maximum atomic E-state index is 11.8. The summed E-state index contributed by atoms with van der Waals surface area (Å²) in [5, 5.41) is 31.8. The summed E-state index contributed by atoms with van der Waals surface area (Å²) in [7, 11) is 0. The molecule has 0 aliphatic carbocycles. The zero-order chi connectivity index (χ0) is 21.0. The maximum Gasteiger partial charge on any atom is 0.249 e. The first-order chi connectivity index (χ1) is 13.6. The van der Waals surface area contributed by atoms with Crippen molar-refractivity contribution < 1.29 is 20.1 Å². The zero-order valence-electron chi connectivity index (χ0n) is 18.5. The molecule has 4 N–H and O–H groups in total. The van der Waals surface area contributed by atoms with E-state index in [0.29, 0.717) is 19.3 Å². The van der Waals surface area contributed by atoms with Gasteiger partial charge in [0.05, 0.1) is 18.8 Å². The Hall–Kier alpha value is -0.650. The molecule has 3 atom stereocenters. The van der Waals surface area contributed by atoms with Crippen LogP contribution in [0.5, 0.6) is 0 Å². The van der Waals surface area contributed by atoms with Gasteiger partial charge in [-0.2, -0.15) is 0 Å². The molecule has 0 radical (unpaired) electrons. The average Bonchev–Trinajstić information content (AvgIpc) is 2.69. The van der Waals surface area contributed by atoms with Gasteiger partial charge in [-0.15, -0.1) is 0 Å². The number of amides is 1. The van der Waals surface area contributed by atoms with Crippen LogP contribution >= 0.6 is 0 Å². The SMILES string of the molecule is CCCCCCCCCCCCCCC[C@@H](O)[C@H](CO)NC(=O)[C@@H](O)CCC. The third-order valence-electron chi connectivity index (χ3n) is 5.46. The highest BCUT2D eigenvalue weighted by molar-refractivity contribution is 5.80. The van der Waals surface area contributed by atoms with E-state index in [9.17, 15) is 20.1 Å². The van der Waals surface area contributed by atoms with E-state index in [1.54, 1.807) is 0 Å². The van der Waals surface area contributed by atoms with Crippen molar-refractivity contribution in [1.29, 1.82) is 0 Å². The minimum atomic E-state index is -1.07. The summed E-state index contributed by atoms with van der Waals surface area (Å²) in [4.78, 5) is 11.8. The number of hydrogen-bond donors (Lipinski definition) is 4. The normalized spacial score (nSPS) is 14.6. The molecule has 5 nitrogen and oxygen atoms in total. The van der Waals surface area contributed by atoms with Crippen LogP contribution in [0.25, 0.3) is 0 Å². The summed E-state index contributed by atoms with van der Waals surface area (Å²) in [6.45, 7) is 3.83. The van der Waals surface area contributed by atoms with Gasteiger partial charge in [-0.25, -0.2) is 0 Å². The van der Waals surface area contributed by atoms with Crippen molar-refractivity contribution in [2.24, 2.45) is 0 Å². The highest BCUT2D eigenvalue weighted by Gasteiger charge is 2.23. The molecule has 168 valence electrons. The van der Waals surface area contributed by atoms with Crippen LogP contribution in [0.2, 0.25) is 0 Å². The van der Waals surface area contributed by atoms with E-state index in [0.717, 1.165) is 12.8 Å². The maximum absolute atomic E-state index is 11.8. The van der Waals surface area contributed by atoms with Gasteiger partial charge in [-0.3, -0.25) is 4.79 Å². The topological polar surface area (TPSA) is 89.8 Å². The van der Waals surface area contributed by atoms with Crippen LogP contribution in [-0.2, 0) is 4.79 Å². The van der Waals surface area contributed by atoms with E-state index >= 15 is 0 Å². The monoisotopic (exact) mass is 401 g/mol. The lowest BCUT2D eigenvalue weighted by molar-refractivity contribution is -0.131. The first-order valence-corrected chi connectivity index (χ1v) is 11.8. The number of unbranched alkanes of at least 4 members (excludes halogenated alkanes) is 12. The second kappa shape index (κ2) is 19.7. The van der Waals surface area contributed by atoms with Crippen LogP contribution in [0.4, 0.5) is 0 Å². The standard InChI is InChI=1S/C23H47NO4/c1-3-5-6-7-8-9-10-11-12-13-14-15-16-18-21(26)20(19-25)24-23(28)22(27)17-4-2/h20-22,25-27H,3-19H2,1-2H3,(H,24,28)/t20-,21+,22-/m0/s1. The molecule has 5 heteroatoms. The zero-order valence-corrected chi connectivity index (χ0v) is 18.5. The Morgan fingerprint density at radius 2 is 1.18 bits per heavy atom. The minimum absolute atomic E-state index is 0.315. The van der Waals surface area contributed by atoms with Gasteiger partial charge in [-0.05, 0) is 12.8 Å². The Morgan fingerprint density at radius 3 is 1.61 bits per heavy atom. The Labute approximate surface area is 173 Å². The molecule has 0 rings (SSSR count). The molecule has 0 saturated heterocycles. The molecule has 0 aliphatic heterocycles. The fraction of sp³-hybridized carbons (Fsp3) is 0.957. The number of carbonyl (C=O) groups is 1. The lowest BCUT2D eigenvalue weighted by Crippen LogP contribution is -2.49. The van der Waals surface area contributed by atoms with Crippen molar-refractivity contribution >= 4 is 5.91 Å². The van der Waals surface area contributed by atoms with Gasteiger partial charge in [-0.1, -0.05) is 104 Å². The van der Waals surface area contributed by atoms with Crippen LogP contribution in [0.3, 0.4) is 0 Å². The lowest BCUT2D eigenvalue weighted by atomic mass is 10.0. The van der Waals surface area contributed by atoms with Crippen molar-refractivity contribution in [3.05, 3.63) is 0 Å². The average molecular weight is 402 g/mol. The largest absolute Gasteiger partial charge is 0.394 e. The second-order valence-electron chi connectivity index (χ2n) is 8.20. The van der Waals surface area contributed by atoms with Crippen molar-refractivity contribution in [1.82, 2.24) is 5.32 Å². The molecule has 0 saturated carbocycles. The Bertz CT molecular complexity index is 351. The van der Waals surface area contributed by atoms with Gasteiger partial charge in [0.2, 0.25) is 5.91 Å². The quantitative estimate of drug-likeness (QED) is 0.227. The predicted octanol–water partition coefficient (Wildman–Crippen LogP) is 4.47. The van der Waals surface area contributed by atoms with Crippen molar-refractivity contribution in [2.75, 3.05) is 6.61 Å². The number of carbonyl (C=O) groups excluding carboxylic acids is 1. The Kier molecular flexibility index (Phi) is 19.2. The van der Waals surface area contributed by atoms with Gasteiger partial charge < -0.3 is 20.6 Å². The van der Waals surface area contributed by atoms with Crippen LogP contribution in [-0.4, -0.2) is 46.1 Å². The smallest absolute Gasteiger partial charge is 0.249 e. The van der Waals surface area contributed by atoms with Gasteiger partial charge in [0, 0.05) is 0 Å². The van der Waals surface area contributed by atoms with Gasteiger partial charge >= 0.3 is 0 Å². The van der Waals surface area contributed by atoms with E-state index in [1.165, 1.54) is 70.6 Å². The summed E-state index contributed by atoms with van der Waals surface area (Å²) in [6, 6.07) is -0.698. The van der Waals surface area contributed by atoms with E-state index in [1.807, 2.05) is 6.92 Å². The molecule has 28 heavy (non-hydrogen) atoms. The number of rotatable bonds is 20. The van der Waals surface area contributed by atoms with Crippen LogP contribution in [0.15, 0.2) is 0 Å². The lowest BCUT2D eigenvalue weighted by Gasteiger charge is -2.23. The molecule has 0 bridgehead atoms. The first kappa shape index (κ1) is 27.4. The highest BCUT2D eigenvalue weighted by Crippen LogP contribution is 2.14. The molecule has 0 fully saturated rings. The molecule has 0 heterocycles. The number of hydrogen-bond acceptors (Lipinski definition) is 4. The van der Waals surface area contributed by atoms with E-state index < -0.39 is 24.2 Å². The summed E-state index contributed by atoms with van der Waals surface area (Å²) >= 11 is 0. The summed E-state index contributed by atoms with van der Waals surface area (Å²) in [5.74, 6) is -0.509. The fourth-order valence-electron chi connectivity index (χ4n) is 3.52. The summed E-state index contributed by atoms with van der Waals surface area (Å²) in [6.07, 6.45) is 16.4. The number of aliphatic hydroxyl groups is 3. The second-order valence-corrected chi connectivity index (χ2v) is 8.20. The molecule has 0 aliphatic rings. The van der Waals surface area contributed by atoms with E-state index in [2.05, 4.69) is 12.2 Å². The molecular formula is C23H47NO4. The minimum Gasteiger partial charge on any atom is -0.394 e. The van der Waals surface area contributed by atoms with Crippen LogP contribution in [0.1, 0.15) is 117 Å². The fourth-order valence-corrected chi connectivity index (χ4v) is 3.52. The van der Waals surface area contributed by atoms with E-state index in [-0.39, 0.29) is 6.61 Å². The summed E-state index contributed by atoms with van der Waals surface area (Å²) in [5.41, 5.74) is 0. The van der Waals surface area contributed by atoms with Crippen LogP contribution in [0, 0.1) is 0 Å². The first-order valence-electron chi connectivity index (χ1n) is 11.8. The van der Waals surface area contributed by atoms with Crippen molar-refractivity contribution in [3.8, 4) is 0 Å². The third-order valence-corrected chi connectivity index (χ3v) is 5.46. The Morgan fingerprint density at radius 1 is 0.714 bits per heavy atom. The van der Waals surface area contributed by atoms with E-state index in [4.69, 9.17) is 0 Å². The molecule has 0 aromatic rings. The predicted molar refractivity (Wildman–Crippen MR) is 116 cm³/mol. The molecule has 1 amide bonds. The number of nitrogens with one attached hydrogen (secondary N) is 1. The molecule has 0 aromatic carbocycles. The molecule has 0 spiro atoms. The molecule has 0 unspecified atom stereocenters. The Balaban J connectivity index is 3.61. The molecular weight excluding hydrogens is 354 g/mol. The van der Waals surface area contributed by atoms with Gasteiger partial charge in [0.25, 0.3) is 0 Å². The van der Waals surface area contributed by atoms with Crippen molar-refractivity contribution in [2.45, 2.75) is 135 Å². The van der Waals surface area contributed by atoms with Gasteiger partial charge in [0.1, 0.15) is 6.10 Å². The molecule has 0 aromatic heterocycles. The van der Waals surface area contributed by atoms with Crippen molar-refractivity contribution in [3.63, 3.8) is 0 Å². The van der Waals surface area contributed by atoms with Crippen LogP contribution < -0.4 is 5.32 Å². The number of aliphatic hydroxyl groups excluding tert-OH is 3. The highest BCUT2D eigenvalue weighted by atomic mass is 16.3. The third kappa shape index (κ3) is 15.3. The van der Waals surface area contributed by atoms with Gasteiger partial charge in [0.15, 0.2) is 0 Å². The summed E-state index contributed by atoms with van der Waals surface area (Å²) < 4.78 is 0.